The number of carbonyl (C=O) groups excluding carboxylic acids is 2. The first-order valence-corrected chi connectivity index (χ1v) is 9.98. The van der Waals surface area contributed by atoms with Gasteiger partial charge in [-0.1, -0.05) is 6.42 Å². The SMILES string of the molecule is CC1CN(C(C)(C)CNC(=O)C2CC3CCCC(C2)C3=O)CC(C)O1. The lowest BCUT2D eigenvalue weighted by Crippen LogP contribution is -2.59. The number of Topliss-reactive ketones (excluding diaryl/α,β-unsaturated/α-hetero) is 1. The Morgan fingerprint density at radius 2 is 1.72 bits per heavy atom. The molecule has 3 rings (SSSR count). The van der Waals surface area contributed by atoms with Crippen LogP contribution in [0, 0.1) is 17.8 Å². The van der Waals surface area contributed by atoms with Crippen LogP contribution in [-0.4, -0.2) is 54.0 Å². The quantitative estimate of drug-likeness (QED) is 0.846. The zero-order chi connectivity index (χ0) is 18.2. The summed E-state index contributed by atoms with van der Waals surface area (Å²) in [4.78, 5) is 27.4. The maximum atomic E-state index is 12.7. The average Bonchev–Trinajstić information content (AvgIpc) is 2.51. The number of nitrogens with zero attached hydrogens (tertiary/aromatic N) is 1. The molecule has 1 N–H and O–H groups in total. The summed E-state index contributed by atoms with van der Waals surface area (Å²) in [5, 5.41) is 3.19. The van der Waals surface area contributed by atoms with Gasteiger partial charge >= 0.3 is 0 Å². The lowest BCUT2D eigenvalue weighted by atomic mass is 9.67. The molecule has 1 saturated heterocycles. The van der Waals surface area contributed by atoms with Gasteiger partial charge in [-0.05, 0) is 53.4 Å². The van der Waals surface area contributed by atoms with Crippen molar-refractivity contribution in [3.63, 3.8) is 0 Å². The van der Waals surface area contributed by atoms with Crippen molar-refractivity contribution in [1.82, 2.24) is 10.2 Å². The van der Waals surface area contributed by atoms with Crippen molar-refractivity contribution in [3.8, 4) is 0 Å². The second-order valence-corrected chi connectivity index (χ2v) is 9.09. The molecule has 4 unspecified atom stereocenters. The second kappa shape index (κ2) is 7.36. The molecule has 3 fully saturated rings. The van der Waals surface area contributed by atoms with Gasteiger partial charge in [0.05, 0.1) is 12.2 Å². The molecular weight excluding hydrogens is 316 g/mol. The Bertz CT molecular complexity index is 493. The summed E-state index contributed by atoms with van der Waals surface area (Å²) in [6.45, 7) is 11.0. The van der Waals surface area contributed by atoms with Crippen molar-refractivity contribution < 1.29 is 14.3 Å². The van der Waals surface area contributed by atoms with E-state index in [0.29, 0.717) is 12.3 Å². The van der Waals surface area contributed by atoms with Crippen LogP contribution in [-0.2, 0) is 14.3 Å². The predicted molar refractivity (Wildman–Crippen MR) is 97.2 cm³/mol. The summed E-state index contributed by atoms with van der Waals surface area (Å²) in [5.74, 6) is 0.861. The molecule has 5 nitrogen and oxygen atoms in total. The number of nitrogens with one attached hydrogen (secondary N) is 1. The van der Waals surface area contributed by atoms with Gasteiger partial charge in [0.25, 0.3) is 0 Å². The highest BCUT2D eigenvalue weighted by molar-refractivity contribution is 5.88. The van der Waals surface area contributed by atoms with Crippen molar-refractivity contribution in [2.45, 2.75) is 77.5 Å². The molecule has 0 aromatic heterocycles. The number of fused-ring (bicyclic) bond motifs is 2. The second-order valence-electron chi connectivity index (χ2n) is 9.09. The summed E-state index contributed by atoms with van der Waals surface area (Å²) < 4.78 is 5.82. The third-order valence-electron chi connectivity index (χ3n) is 6.39. The maximum absolute atomic E-state index is 12.7. The summed E-state index contributed by atoms with van der Waals surface area (Å²) in [6.07, 6.45) is 5.07. The monoisotopic (exact) mass is 350 g/mol. The van der Waals surface area contributed by atoms with Crippen LogP contribution < -0.4 is 5.32 Å². The highest BCUT2D eigenvalue weighted by atomic mass is 16.5. The van der Waals surface area contributed by atoms with Crippen molar-refractivity contribution >= 4 is 11.7 Å². The minimum atomic E-state index is -0.0949. The molecule has 1 heterocycles. The van der Waals surface area contributed by atoms with Gasteiger partial charge in [-0.15, -0.1) is 0 Å². The van der Waals surface area contributed by atoms with E-state index >= 15 is 0 Å². The highest BCUT2D eigenvalue weighted by Gasteiger charge is 2.41. The molecule has 2 saturated carbocycles. The van der Waals surface area contributed by atoms with Gasteiger partial charge in [-0.3, -0.25) is 14.5 Å². The summed E-state index contributed by atoms with van der Waals surface area (Å²) in [7, 11) is 0. The number of rotatable bonds is 4. The van der Waals surface area contributed by atoms with Gasteiger partial charge in [0.15, 0.2) is 0 Å². The minimum Gasteiger partial charge on any atom is -0.373 e. The Hall–Kier alpha value is -0.940. The van der Waals surface area contributed by atoms with Crippen LogP contribution in [0.2, 0.25) is 0 Å². The van der Waals surface area contributed by atoms with E-state index in [4.69, 9.17) is 4.74 Å². The van der Waals surface area contributed by atoms with Gasteiger partial charge in [0.1, 0.15) is 5.78 Å². The first-order chi connectivity index (χ1) is 11.8. The number of amides is 1. The minimum absolute atomic E-state index is 0.0198. The lowest BCUT2D eigenvalue weighted by Gasteiger charge is -2.45. The number of hydrogen-bond acceptors (Lipinski definition) is 4. The number of ether oxygens (including phenoxy) is 1. The fourth-order valence-electron chi connectivity index (χ4n) is 4.93. The van der Waals surface area contributed by atoms with E-state index in [0.717, 1.165) is 45.2 Å². The van der Waals surface area contributed by atoms with Crippen molar-refractivity contribution in [2.75, 3.05) is 19.6 Å². The summed E-state index contributed by atoms with van der Waals surface area (Å²) in [6, 6.07) is 0. The van der Waals surface area contributed by atoms with Gasteiger partial charge in [0, 0.05) is 42.9 Å². The van der Waals surface area contributed by atoms with Gasteiger partial charge in [-0.2, -0.15) is 0 Å². The molecule has 0 spiro atoms. The van der Waals surface area contributed by atoms with Crippen LogP contribution in [0.25, 0.3) is 0 Å². The van der Waals surface area contributed by atoms with E-state index in [1.165, 1.54) is 0 Å². The molecule has 0 aromatic carbocycles. The number of hydrogen-bond donors (Lipinski definition) is 1. The third kappa shape index (κ3) is 4.25. The molecule has 0 radical (unpaired) electrons. The van der Waals surface area contributed by atoms with Crippen LogP contribution in [0.3, 0.4) is 0 Å². The fraction of sp³-hybridized carbons (Fsp3) is 0.900. The Labute approximate surface area is 151 Å². The highest BCUT2D eigenvalue weighted by Crippen LogP contribution is 2.40. The molecule has 4 atom stereocenters. The van der Waals surface area contributed by atoms with Gasteiger partial charge < -0.3 is 10.1 Å². The van der Waals surface area contributed by atoms with Crippen molar-refractivity contribution in [1.29, 1.82) is 0 Å². The van der Waals surface area contributed by atoms with E-state index in [1.54, 1.807) is 0 Å². The number of carbonyl (C=O) groups is 2. The normalized spacial score (nSPS) is 37.0. The van der Waals surface area contributed by atoms with E-state index in [9.17, 15) is 9.59 Å². The number of ketones is 1. The molecule has 1 aliphatic heterocycles. The lowest BCUT2D eigenvalue weighted by molar-refractivity contribution is -0.138. The Morgan fingerprint density at radius 3 is 2.28 bits per heavy atom. The molecule has 3 aliphatic rings. The van der Waals surface area contributed by atoms with E-state index in [-0.39, 0.29) is 41.4 Å². The molecule has 5 heteroatoms. The summed E-state index contributed by atoms with van der Waals surface area (Å²) >= 11 is 0. The van der Waals surface area contributed by atoms with Crippen LogP contribution >= 0.6 is 0 Å². The molecule has 1 amide bonds. The summed E-state index contributed by atoms with van der Waals surface area (Å²) in [5.41, 5.74) is -0.0949. The van der Waals surface area contributed by atoms with E-state index in [2.05, 4.69) is 37.9 Å². The molecule has 25 heavy (non-hydrogen) atoms. The van der Waals surface area contributed by atoms with Crippen molar-refractivity contribution in [2.24, 2.45) is 17.8 Å². The predicted octanol–water partition coefficient (Wildman–Crippen LogP) is 2.39. The maximum Gasteiger partial charge on any atom is 0.223 e. The first-order valence-electron chi connectivity index (χ1n) is 9.98. The fourth-order valence-corrected chi connectivity index (χ4v) is 4.93. The zero-order valence-corrected chi connectivity index (χ0v) is 16.2. The standard InChI is InChI=1S/C20H34N2O3/c1-13-10-22(11-14(2)25-13)20(3,4)12-21-19(24)17-8-15-6-5-7-16(9-17)18(15)23/h13-17H,5-12H2,1-4H3,(H,21,24). The average molecular weight is 351 g/mol. The molecular formula is C20H34N2O3. The molecule has 0 aromatic rings. The number of morpholine rings is 1. The van der Waals surface area contributed by atoms with E-state index in [1.807, 2.05) is 0 Å². The van der Waals surface area contributed by atoms with Gasteiger partial charge in [0.2, 0.25) is 5.91 Å². The third-order valence-corrected chi connectivity index (χ3v) is 6.39. The smallest absolute Gasteiger partial charge is 0.223 e. The van der Waals surface area contributed by atoms with Crippen LogP contribution in [0.4, 0.5) is 0 Å². The molecule has 142 valence electrons. The first kappa shape index (κ1) is 18.8. The Kier molecular flexibility index (Phi) is 5.54. The van der Waals surface area contributed by atoms with Crippen LogP contribution in [0.15, 0.2) is 0 Å². The molecule has 2 bridgehead atoms. The van der Waals surface area contributed by atoms with Gasteiger partial charge in [-0.25, -0.2) is 0 Å². The van der Waals surface area contributed by atoms with Crippen LogP contribution in [0.5, 0.6) is 0 Å². The Morgan fingerprint density at radius 1 is 1.16 bits per heavy atom. The largest absolute Gasteiger partial charge is 0.373 e. The molecule has 2 aliphatic carbocycles. The zero-order valence-electron chi connectivity index (χ0n) is 16.2. The Balaban J connectivity index is 1.54. The topological polar surface area (TPSA) is 58.6 Å². The van der Waals surface area contributed by atoms with Crippen LogP contribution in [0.1, 0.15) is 59.8 Å². The van der Waals surface area contributed by atoms with Crippen molar-refractivity contribution in [3.05, 3.63) is 0 Å². The van der Waals surface area contributed by atoms with E-state index < -0.39 is 0 Å².